The Morgan fingerprint density at radius 3 is 2.73 bits per heavy atom. The van der Waals surface area contributed by atoms with E-state index in [1.165, 1.54) is 25.5 Å². The fourth-order valence-electron chi connectivity index (χ4n) is 2.34. The zero-order valence-electron chi connectivity index (χ0n) is 13.5. The van der Waals surface area contributed by atoms with E-state index in [1.54, 1.807) is 30.3 Å². The van der Waals surface area contributed by atoms with Crippen LogP contribution in [0.2, 0.25) is 0 Å². The summed E-state index contributed by atoms with van der Waals surface area (Å²) in [7, 11) is 1.34. The van der Waals surface area contributed by atoms with E-state index in [2.05, 4.69) is 14.8 Å². The molecular formula is C17H13F2N3O3S. The van der Waals surface area contributed by atoms with Gasteiger partial charge in [-0.1, -0.05) is 12.1 Å². The minimum absolute atomic E-state index is 0.113. The number of hydrogen-bond donors (Lipinski definition) is 1. The Kier molecular flexibility index (Phi) is 5.08. The largest absolute Gasteiger partial charge is 0.493 e. The fraction of sp³-hybridized carbons (Fsp3) is 0.118. The number of benzene rings is 2. The lowest BCUT2D eigenvalue weighted by Crippen LogP contribution is -2.18. The first-order valence-corrected chi connectivity index (χ1v) is 7.81. The summed E-state index contributed by atoms with van der Waals surface area (Å²) in [6.45, 7) is -2.99. The Balaban J connectivity index is 2.02. The molecule has 0 saturated heterocycles. The highest BCUT2D eigenvalue weighted by Crippen LogP contribution is 2.28. The summed E-state index contributed by atoms with van der Waals surface area (Å²) in [4.78, 5) is 15.4. The third-order valence-electron chi connectivity index (χ3n) is 3.51. The molecule has 0 aliphatic rings. The van der Waals surface area contributed by atoms with E-state index in [1.807, 2.05) is 0 Å². The van der Waals surface area contributed by atoms with Gasteiger partial charge in [0.1, 0.15) is 0 Å². The molecule has 9 heteroatoms. The Bertz CT molecular complexity index is 1090. The van der Waals surface area contributed by atoms with Crippen LogP contribution in [0, 0.1) is 4.77 Å². The van der Waals surface area contributed by atoms with Crippen molar-refractivity contribution in [2.24, 2.45) is 5.10 Å². The van der Waals surface area contributed by atoms with Gasteiger partial charge in [0.05, 0.1) is 24.2 Å². The summed E-state index contributed by atoms with van der Waals surface area (Å²) in [5.74, 6) is 0.0186. The smallest absolute Gasteiger partial charge is 0.387 e. The van der Waals surface area contributed by atoms with Crippen LogP contribution in [0.5, 0.6) is 11.5 Å². The molecule has 6 nitrogen and oxygen atoms in total. The van der Waals surface area contributed by atoms with Crippen molar-refractivity contribution < 1.29 is 18.3 Å². The van der Waals surface area contributed by atoms with Crippen molar-refractivity contribution in [1.82, 2.24) is 9.66 Å². The van der Waals surface area contributed by atoms with Crippen molar-refractivity contribution >= 4 is 29.3 Å². The molecule has 0 saturated carbocycles. The van der Waals surface area contributed by atoms with E-state index in [0.717, 1.165) is 4.68 Å². The molecular weight excluding hydrogens is 364 g/mol. The third-order valence-corrected chi connectivity index (χ3v) is 3.78. The molecule has 1 N–H and O–H groups in total. The highest BCUT2D eigenvalue weighted by Gasteiger charge is 2.11. The number of aromatic nitrogens is 2. The van der Waals surface area contributed by atoms with Crippen molar-refractivity contribution in [2.75, 3.05) is 7.11 Å². The average molecular weight is 377 g/mol. The third kappa shape index (κ3) is 3.62. The molecule has 3 rings (SSSR count). The number of para-hydroxylation sites is 1. The van der Waals surface area contributed by atoms with Crippen LogP contribution in [0.4, 0.5) is 8.78 Å². The zero-order valence-corrected chi connectivity index (χ0v) is 14.3. The number of ether oxygens (including phenoxy) is 2. The van der Waals surface area contributed by atoms with E-state index in [-0.39, 0.29) is 16.3 Å². The lowest BCUT2D eigenvalue weighted by Gasteiger charge is -2.10. The van der Waals surface area contributed by atoms with Gasteiger partial charge >= 0.3 is 6.61 Å². The summed E-state index contributed by atoms with van der Waals surface area (Å²) in [5, 5.41) is 4.49. The number of nitrogens with zero attached hydrogens (tertiary/aromatic N) is 2. The molecule has 0 atom stereocenters. The lowest BCUT2D eigenvalue weighted by molar-refractivity contribution is -0.0512. The lowest BCUT2D eigenvalue weighted by atomic mass is 10.2. The van der Waals surface area contributed by atoms with E-state index < -0.39 is 12.2 Å². The van der Waals surface area contributed by atoms with Gasteiger partial charge in [-0.3, -0.25) is 4.79 Å². The molecule has 0 unspecified atom stereocenters. The van der Waals surface area contributed by atoms with Crippen LogP contribution < -0.4 is 15.0 Å². The van der Waals surface area contributed by atoms with Gasteiger partial charge in [-0.15, -0.1) is 0 Å². The molecule has 0 fully saturated rings. The summed E-state index contributed by atoms with van der Waals surface area (Å²) >= 11 is 5.15. The quantitative estimate of drug-likeness (QED) is 0.545. The van der Waals surface area contributed by atoms with Crippen LogP contribution in [-0.4, -0.2) is 29.6 Å². The standard InChI is InChI=1S/C17H13F2N3O3S/c1-24-13-7-6-10(8-14(13)25-16(18)19)9-20-22-15(23)11-4-2-3-5-12(11)21-17(22)26/h2-9,16H,1H3,(H,21,26)/b20-9-. The molecule has 0 spiro atoms. The van der Waals surface area contributed by atoms with Crippen molar-refractivity contribution in [3.8, 4) is 11.5 Å². The van der Waals surface area contributed by atoms with Gasteiger partial charge in [0.25, 0.3) is 5.56 Å². The maximum atomic E-state index is 12.5. The van der Waals surface area contributed by atoms with Crippen molar-refractivity contribution in [3.05, 3.63) is 63.2 Å². The summed E-state index contributed by atoms with van der Waals surface area (Å²) in [5.41, 5.74) is 0.639. The van der Waals surface area contributed by atoms with Crippen molar-refractivity contribution in [1.29, 1.82) is 0 Å². The number of fused-ring (bicyclic) bond motifs is 1. The van der Waals surface area contributed by atoms with Crippen LogP contribution in [-0.2, 0) is 0 Å². The van der Waals surface area contributed by atoms with Gasteiger partial charge in [0.2, 0.25) is 4.77 Å². The molecule has 0 bridgehead atoms. The molecule has 0 aliphatic heterocycles. The van der Waals surface area contributed by atoms with Crippen molar-refractivity contribution in [2.45, 2.75) is 6.61 Å². The van der Waals surface area contributed by atoms with Crippen LogP contribution in [0.15, 0.2) is 52.4 Å². The first-order valence-electron chi connectivity index (χ1n) is 7.41. The van der Waals surface area contributed by atoms with Gasteiger partial charge in [-0.2, -0.15) is 18.6 Å². The number of halogens is 2. The summed E-state index contributed by atoms with van der Waals surface area (Å²) in [6, 6.07) is 11.3. The molecule has 0 amide bonds. The molecule has 0 radical (unpaired) electrons. The number of aromatic amines is 1. The second kappa shape index (κ2) is 7.44. The number of hydrogen-bond acceptors (Lipinski definition) is 5. The Labute approximate surface area is 151 Å². The topological polar surface area (TPSA) is 68.6 Å². The number of methoxy groups -OCH3 is 1. The first-order chi connectivity index (χ1) is 12.5. The predicted molar refractivity (Wildman–Crippen MR) is 96.0 cm³/mol. The molecule has 26 heavy (non-hydrogen) atoms. The molecule has 1 heterocycles. The molecule has 2 aromatic carbocycles. The van der Waals surface area contributed by atoms with Crippen LogP contribution in [0.3, 0.4) is 0 Å². The highest BCUT2D eigenvalue weighted by atomic mass is 32.1. The summed E-state index contributed by atoms with van der Waals surface area (Å²) in [6.07, 6.45) is 1.32. The average Bonchev–Trinajstić information content (AvgIpc) is 2.61. The second-order valence-electron chi connectivity index (χ2n) is 5.13. The van der Waals surface area contributed by atoms with Gasteiger partial charge in [-0.25, -0.2) is 0 Å². The van der Waals surface area contributed by atoms with E-state index in [4.69, 9.17) is 17.0 Å². The number of H-pyrrole nitrogens is 1. The molecule has 1 aromatic heterocycles. The zero-order chi connectivity index (χ0) is 18.7. The monoisotopic (exact) mass is 377 g/mol. The van der Waals surface area contributed by atoms with Crippen molar-refractivity contribution in [3.63, 3.8) is 0 Å². The summed E-state index contributed by atoms with van der Waals surface area (Å²) < 4.78 is 35.5. The Morgan fingerprint density at radius 2 is 2.00 bits per heavy atom. The van der Waals surface area contributed by atoms with Crippen LogP contribution in [0.1, 0.15) is 5.56 Å². The van der Waals surface area contributed by atoms with E-state index >= 15 is 0 Å². The van der Waals surface area contributed by atoms with Gasteiger partial charge in [0, 0.05) is 0 Å². The maximum Gasteiger partial charge on any atom is 0.387 e. The van der Waals surface area contributed by atoms with Gasteiger partial charge < -0.3 is 14.5 Å². The Hall–Kier alpha value is -3.07. The second-order valence-corrected chi connectivity index (χ2v) is 5.51. The first kappa shape index (κ1) is 17.7. The number of nitrogens with one attached hydrogen (secondary N) is 1. The molecule has 3 aromatic rings. The normalized spacial score (nSPS) is 11.4. The van der Waals surface area contributed by atoms with Crippen LogP contribution >= 0.6 is 12.2 Å². The minimum Gasteiger partial charge on any atom is -0.493 e. The number of rotatable bonds is 5. The van der Waals surface area contributed by atoms with Crippen LogP contribution in [0.25, 0.3) is 10.9 Å². The fourth-order valence-corrected chi connectivity index (χ4v) is 2.58. The van der Waals surface area contributed by atoms with E-state index in [0.29, 0.717) is 16.5 Å². The number of alkyl halides is 2. The van der Waals surface area contributed by atoms with Gasteiger partial charge in [-0.05, 0) is 48.1 Å². The molecule has 0 aliphatic carbocycles. The maximum absolute atomic E-state index is 12.5. The Morgan fingerprint density at radius 1 is 1.23 bits per heavy atom. The SMILES string of the molecule is COc1ccc(/C=N\n2c(=S)[nH]c3ccccc3c2=O)cc1OC(F)F. The highest BCUT2D eigenvalue weighted by molar-refractivity contribution is 7.71. The predicted octanol–water partition coefficient (Wildman–Crippen LogP) is 3.55. The van der Waals surface area contributed by atoms with Gasteiger partial charge in [0.15, 0.2) is 11.5 Å². The molecule has 134 valence electrons. The minimum atomic E-state index is -2.99. The van der Waals surface area contributed by atoms with E-state index in [9.17, 15) is 13.6 Å².